The van der Waals surface area contributed by atoms with E-state index in [9.17, 15) is 4.39 Å². The van der Waals surface area contributed by atoms with Gasteiger partial charge in [-0.2, -0.15) is 9.61 Å². The average molecular weight is 339 g/mol. The number of aryl methyl sites for hydroxylation is 1. The number of piperazine rings is 1. The molecule has 0 amide bonds. The molecule has 4 rings (SSSR count). The van der Waals surface area contributed by atoms with Gasteiger partial charge in [0.15, 0.2) is 5.65 Å². The zero-order chi connectivity index (χ0) is 17.4. The van der Waals surface area contributed by atoms with Crippen molar-refractivity contribution in [2.45, 2.75) is 13.8 Å². The fraction of sp³-hybridized carbons (Fsp3) is 0.368. The summed E-state index contributed by atoms with van der Waals surface area (Å²) in [7, 11) is 0. The molecule has 0 bridgehead atoms. The first-order valence-electron chi connectivity index (χ1n) is 8.74. The summed E-state index contributed by atoms with van der Waals surface area (Å²) in [5.41, 5.74) is 3.64. The van der Waals surface area contributed by atoms with Gasteiger partial charge in [0.05, 0.1) is 6.20 Å². The van der Waals surface area contributed by atoms with Crippen molar-refractivity contribution in [1.82, 2.24) is 19.5 Å². The largest absolute Gasteiger partial charge is 0.354 e. The first-order valence-corrected chi connectivity index (χ1v) is 8.74. The highest BCUT2D eigenvalue weighted by Crippen LogP contribution is 2.27. The van der Waals surface area contributed by atoms with E-state index in [1.165, 1.54) is 12.1 Å². The molecule has 25 heavy (non-hydrogen) atoms. The van der Waals surface area contributed by atoms with Gasteiger partial charge >= 0.3 is 0 Å². The van der Waals surface area contributed by atoms with Crippen molar-refractivity contribution in [3.63, 3.8) is 0 Å². The zero-order valence-corrected chi connectivity index (χ0v) is 14.6. The summed E-state index contributed by atoms with van der Waals surface area (Å²) in [5.74, 6) is 0.838. The third kappa shape index (κ3) is 2.98. The summed E-state index contributed by atoms with van der Waals surface area (Å²) >= 11 is 0. The van der Waals surface area contributed by atoms with E-state index in [1.54, 1.807) is 12.1 Å². The predicted molar refractivity (Wildman–Crippen MR) is 97.4 cm³/mol. The highest BCUT2D eigenvalue weighted by Gasteiger charge is 2.20. The van der Waals surface area contributed by atoms with Gasteiger partial charge in [-0.25, -0.2) is 9.37 Å². The Morgan fingerprint density at radius 2 is 1.80 bits per heavy atom. The molecule has 1 saturated heterocycles. The average Bonchev–Trinajstić information content (AvgIpc) is 3.05. The fourth-order valence-electron chi connectivity index (χ4n) is 3.42. The van der Waals surface area contributed by atoms with E-state index in [-0.39, 0.29) is 5.82 Å². The minimum absolute atomic E-state index is 0.237. The van der Waals surface area contributed by atoms with Crippen LogP contribution in [0, 0.1) is 12.7 Å². The summed E-state index contributed by atoms with van der Waals surface area (Å²) in [4.78, 5) is 9.51. The Labute approximate surface area is 146 Å². The number of hydrogen-bond acceptors (Lipinski definition) is 4. The Hall–Kier alpha value is -2.47. The zero-order valence-electron chi connectivity index (χ0n) is 14.6. The minimum Gasteiger partial charge on any atom is -0.354 e. The molecule has 0 saturated carbocycles. The third-order valence-electron chi connectivity index (χ3n) is 4.88. The van der Waals surface area contributed by atoms with E-state index >= 15 is 0 Å². The van der Waals surface area contributed by atoms with Gasteiger partial charge in [0, 0.05) is 43.5 Å². The molecule has 0 N–H and O–H groups in total. The molecule has 130 valence electrons. The molecule has 3 aromatic rings. The van der Waals surface area contributed by atoms with Crippen LogP contribution in [0.2, 0.25) is 0 Å². The Balaban J connectivity index is 1.75. The fourth-order valence-corrected chi connectivity index (χ4v) is 3.42. The summed E-state index contributed by atoms with van der Waals surface area (Å²) in [6, 6.07) is 8.58. The second kappa shape index (κ2) is 6.44. The molecule has 0 unspecified atom stereocenters. The lowest BCUT2D eigenvalue weighted by Crippen LogP contribution is -2.46. The van der Waals surface area contributed by atoms with Gasteiger partial charge in [-0.05, 0) is 31.2 Å². The second-order valence-electron chi connectivity index (χ2n) is 6.48. The second-order valence-corrected chi connectivity index (χ2v) is 6.48. The van der Waals surface area contributed by atoms with Crippen molar-refractivity contribution in [1.29, 1.82) is 0 Å². The third-order valence-corrected chi connectivity index (χ3v) is 4.88. The Morgan fingerprint density at radius 1 is 1.08 bits per heavy atom. The maximum absolute atomic E-state index is 13.2. The SMILES string of the molecule is CCN1CCN(c2cc(C)nc3c(-c4ccc(F)cc4)cnn23)CC1. The van der Waals surface area contributed by atoms with Crippen LogP contribution in [0.15, 0.2) is 36.5 Å². The molecule has 0 atom stereocenters. The van der Waals surface area contributed by atoms with Crippen LogP contribution in [0.5, 0.6) is 0 Å². The maximum atomic E-state index is 13.2. The van der Waals surface area contributed by atoms with Gasteiger partial charge in [-0.3, -0.25) is 0 Å². The molecule has 6 heteroatoms. The van der Waals surface area contributed by atoms with Gasteiger partial charge < -0.3 is 9.80 Å². The minimum atomic E-state index is -0.237. The molecule has 5 nitrogen and oxygen atoms in total. The molecular formula is C19H22FN5. The van der Waals surface area contributed by atoms with Crippen LogP contribution < -0.4 is 4.90 Å². The highest BCUT2D eigenvalue weighted by molar-refractivity contribution is 5.78. The number of hydrogen-bond donors (Lipinski definition) is 0. The van der Waals surface area contributed by atoms with E-state index in [4.69, 9.17) is 4.98 Å². The number of fused-ring (bicyclic) bond motifs is 1. The van der Waals surface area contributed by atoms with Crippen LogP contribution in [0.1, 0.15) is 12.6 Å². The Morgan fingerprint density at radius 3 is 2.48 bits per heavy atom. The molecule has 2 aromatic heterocycles. The van der Waals surface area contributed by atoms with Gasteiger partial charge in [-0.15, -0.1) is 0 Å². The number of benzene rings is 1. The van der Waals surface area contributed by atoms with Crippen LogP contribution in [-0.4, -0.2) is 52.2 Å². The van der Waals surface area contributed by atoms with Crippen molar-refractivity contribution in [2.75, 3.05) is 37.6 Å². The number of aromatic nitrogens is 3. The lowest BCUT2D eigenvalue weighted by molar-refractivity contribution is 0.270. The quantitative estimate of drug-likeness (QED) is 0.735. The topological polar surface area (TPSA) is 36.7 Å². The molecule has 0 radical (unpaired) electrons. The number of nitrogens with zero attached hydrogens (tertiary/aromatic N) is 5. The molecule has 1 aliphatic rings. The molecule has 1 fully saturated rings. The molecule has 1 aliphatic heterocycles. The molecular weight excluding hydrogens is 317 g/mol. The van der Waals surface area contributed by atoms with Crippen LogP contribution in [-0.2, 0) is 0 Å². The first kappa shape index (κ1) is 16.0. The van der Waals surface area contributed by atoms with E-state index < -0.39 is 0 Å². The summed E-state index contributed by atoms with van der Waals surface area (Å²) in [6.45, 7) is 9.39. The monoisotopic (exact) mass is 339 g/mol. The normalized spacial score (nSPS) is 15.9. The van der Waals surface area contributed by atoms with E-state index in [1.807, 2.05) is 17.6 Å². The Bertz CT molecular complexity index is 879. The van der Waals surface area contributed by atoms with Crippen molar-refractivity contribution in [3.8, 4) is 11.1 Å². The maximum Gasteiger partial charge on any atom is 0.165 e. The molecule has 0 aliphatic carbocycles. The van der Waals surface area contributed by atoms with E-state index in [0.29, 0.717) is 0 Å². The summed E-state index contributed by atoms with van der Waals surface area (Å²) < 4.78 is 15.1. The standard InChI is InChI=1S/C19H22FN5/c1-3-23-8-10-24(11-9-23)18-12-14(2)22-19-17(13-21-25(18)19)15-4-6-16(20)7-5-15/h4-7,12-13H,3,8-11H2,1-2H3. The molecule has 3 heterocycles. The lowest BCUT2D eigenvalue weighted by Gasteiger charge is -2.35. The van der Waals surface area contributed by atoms with Gasteiger partial charge in [0.25, 0.3) is 0 Å². The summed E-state index contributed by atoms with van der Waals surface area (Å²) in [5, 5.41) is 4.58. The molecule has 0 spiro atoms. The van der Waals surface area contributed by atoms with Crippen LogP contribution in [0.4, 0.5) is 10.2 Å². The molecule has 1 aromatic carbocycles. The van der Waals surface area contributed by atoms with Crippen LogP contribution in [0.25, 0.3) is 16.8 Å². The van der Waals surface area contributed by atoms with E-state index in [2.05, 4.69) is 27.9 Å². The van der Waals surface area contributed by atoms with Crippen LogP contribution >= 0.6 is 0 Å². The van der Waals surface area contributed by atoms with Crippen molar-refractivity contribution in [2.24, 2.45) is 0 Å². The first-order chi connectivity index (χ1) is 12.2. The van der Waals surface area contributed by atoms with Crippen molar-refractivity contribution >= 4 is 11.5 Å². The van der Waals surface area contributed by atoms with Gasteiger partial charge in [0.2, 0.25) is 0 Å². The van der Waals surface area contributed by atoms with Crippen LogP contribution in [0.3, 0.4) is 0 Å². The van der Waals surface area contributed by atoms with E-state index in [0.717, 1.165) is 61.0 Å². The summed E-state index contributed by atoms with van der Waals surface area (Å²) in [6.07, 6.45) is 1.82. The number of anilines is 1. The van der Waals surface area contributed by atoms with Gasteiger partial charge in [-0.1, -0.05) is 19.1 Å². The number of rotatable bonds is 3. The van der Waals surface area contributed by atoms with Crippen molar-refractivity contribution < 1.29 is 4.39 Å². The smallest absolute Gasteiger partial charge is 0.165 e. The Kier molecular flexibility index (Phi) is 4.13. The highest BCUT2D eigenvalue weighted by atomic mass is 19.1. The lowest BCUT2D eigenvalue weighted by atomic mass is 10.1. The van der Waals surface area contributed by atoms with Gasteiger partial charge in [0.1, 0.15) is 11.6 Å². The number of halogens is 1. The number of likely N-dealkylation sites (N-methyl/N-ethyl adjacent to an activating group) is 1. The van der Waals surface area contributed by atoms with Crippen molar-refractivity contribution in [3.05, 3.63) is 48.0 Å². The predicted octanol–water partition coefficient (Wildman–Crippen LogP) is 2.99.